The van der Waals surface area contributed by atoms with Crippen LogP contribution in [0.4, 0.5) is 5.69 Å². The number of nitrogens with zero attached hydrogens (tertiary/aromatic N) is 2. The van der Waals surface area contributed by atoms with Gasteiger partial charge in [-0.25, -0.2) is 0 Å². The number of benzene rings is 3. The fourth-order valence-electron chi connectivity index (χ4n) is 5.08. The molecule has 0 bridgehead atoms. The van der Waals surface area contributed by atoms with E-state index in [1.54, 1.807) is 0 Å². The summed E-state index contributed by atoms with van der Waals surface area (Å²) in [7, 11) is 0. The zero-order valence-corrected chi connectivity index (χ0v) is 22.2. The molecule has 0 radical (unpaired) electrons. The number of hydrogen-bond donors (Lipinski definition) is 1. The first-order valence-corrected chi connectivity index (χ1v) is 13.3. The standard InChI is InChI=1S/C30H31Cl2N3O/c1-20(2)30(36)33-25-7-5-6-22(16-25)21-12-14-34(15-13-21)19-26-17-23-10-11-24(31)18-29(23)35(26)28-9-4-3-8-27(28)32/h3-11,16-18,20-21H,12-15,19H2,1-2H3,(H,33,36). The Kier molecular flexibility index (Phi) is 7.38. The third-order valence-corrected chi connectivity index (χ3v) is 7.61. The van der Waals surface area contributed by atoms with E-state index in [4.69, 9.17) is 23.2 Å². The maximum atomic E-state index is 12.1. The number of likely N-dealkylation sites (tertiary alicyclic amines) is 1. The van der Waals surface area contributed by atoms with E-state index >= 15 is 0 Å². The van der Waals surface area contributed by atoms with Gasteiger partial charge in [-0.1, -0.05) is 67.4 Å². The molecule has 2 heterocycles. The van der Waals surface area contributed by atoms with Crippen molar-refractivity contribution in [2.24, 2.45) is 5.92 Å². The maximum Gasteiger partial charge on any atom is 0.226 e. The molecule has 1 aromatic heterocycles. The van der Waals surface area contributed by atoms with E-state index < -0.39 is 0 Å². The summed E-state index contributed by atoms with van der Waals surface area (Å²) in [6.45, 7) is 6.69. The Bertz CT molecular complexity index is 1390. The third kappa shape index (κ3) is 5.31. The van der Waals surface area contributed by atoms with Crippen LogP contribution < -0.4 is 5.32 Å². The minimum Gasteiger partial charge on any atom is -0.326 e. The smallest absolute Gasteiger partial charge is 0.226 e. The first kappa shape index (κ1) is 24.9. The first-order chi connectivity index (χ1) is 17.4. The minimum atomic E-state index is -0.0331. The first-order valence-electron chi connectivity index (χ1n) is 12.6. The SMILES string of the molecule is CC(C)C(=O)Nc1cccc(C2CCN(Cc3cc4ccc(Cl)cc4n3-c3ccccc3Cl)CC2)c1. The lowest BCUT2D eigenvalue weighted by Crippen LogP contribution is -2.33. The Balaban J connectivity index is 1.33. The normalized spacial score (nSPS) is 15.0. The third-order valence-electron chi connectivity index (χ3n) is 7.06. The van der Waals surface area contributed by atoms with Crippen LogP contribution >= 0.6 is 23.2 Å². The molecular weight excluding hydrogens is 489 g/mol. The fourth-order valence-corrected chi connectivity index (χ4v) is 5.46. The molecule has 0 saturated carbocycles. The van der Waals surface area contributed by atoms with Crippen molar-refractivity contribution >= 4 is 45.7 Å². The summed E-state index contributed by atoms with van der Waals surface area (Å²) in [4.78, 5) is 14.6. The van der Waals surface area contributed by atoms with E-state index in [1.807, 2.05) is 56.3 Å². The predicted octanol–water partition coefficient (Wildman–Crippen LogP) is 7.91. The molecule has 3 aromatic carbocycles. The van der Waals surface area contributed by atoms with Crippen LogP contribution in [0.1, 0.15) is 43.9 Å². The monoisotopic (exact) mass is 519 g/mol. The number of amides is 1. The topological polar surface area (TPSA) is 37.3 Å². The van der Waals surface area contributed by atoms with Gasteiger partial charge in [-0.05, 0) is 79.9 Å². The molecule has 1 aliphatic heterocycles. The second-order valence-corrected chi connectivity index (χ2v) is 10.8. The zero-order valence-electron chi connectivity index (χ0n) is 20.7. The van der Waals surface area contributed by atoms with Crippen LogP contribution in [0, 0.1) is 5.92 Å². The summed E-state index contributed by atoms with van der Waals surface area (Å²) in [5, 5.41) is 5.63. The molecule has 6 heteroatoms. The maximum absolute atomic E-state index is 12.1. The van der Waals surface area contributed by atoms with Crippen LogP contribution in [0.25, 0.3) is 16.6 Å². The van der Waals surface area contributed by atoms with Crippen molar-refractivity contribution in [1.29, 1.82) is 0 Å². The fraction of sp³-hybridized carbons (Fsp3) is 0.300. The summed E-state index contributed by atoms with van der Waals surface area (Å²) < 4.78 is 2.25. The van der Waals surface area contributed by atoms with Gasteiger partial charge in [-0.15, -0.1) is 0 Å². The van der Waals surface area contributed by atoms with Gasteiger partial charge in [0.25, 0.3) is 0 Å². The molecule has 36 heavy (non-hydrogen) atoms. The number of fused-ring (bicyclic) bond motifs is 1. The van der Waals surface area contributed by atoms with Crippen LogP contribution in [-0.4, -0.2) is 28.5 Å². The molecule has 1 fully saturated rings. The van der Waals surface area contributed by atoms with E-state index in [0.717, 1.165) is 59.8 Å². The van der Waals surface area contributed by atoms with Crippen LogP contribution in [0.15, 0.2) is 72.8 Å². The van der Waals surface area contributed by atoms with Crippen LogP contribution in [0.3, 0.4) is 0 Å². The number of carbonyl (C=O) groups is 1. The van der Waals surface area contributed by atoms with E-state index in [9.17, 15) is 4.79 Å². The van der Waals surface area contributed by atoms with Gasteiger partial charge in [0.05, 0.1) is 16.2 Å². The molecule has 5 rings (SSSR count). The number of anilines is 1. The van der Waals surface area contributed by atoms with Gasteiger partial charge in [0, 0.05) is 34.3 Å². The predicted molar refractivity (Wildman–Crippen MR) is 150 cm³/mol. The molecule has 0 aliphatic carbocycles. The highest BCUT2D eigenvalue weighted by molar-refractivity contribution is 6.32. The van der Waals surface area contributed by atoms with Crippen molar-refractivity contribution < 1.29 is 4.79 Å². The Morgan fingerprint density at radius 1 is 0.972 bits per heavy atom. The molecule has 4 nitrogen and oxygen atoms in total. The molecule has 1 amide bonds. The highest BCUT2D eigenvalue weighted by Crippen LogP contribution is 2.33. The Labute approximate surface area is 222 Å². The molecule has 1 aliphatic rings. The van der Waals surface area contributed by atoms with Crippen molar-refractivity contribution in [1.82, 2.24) is 9.47 Å². The zero-order chi connectivity index (χ0) is 25.2. The molecule has 0 spiro atoms. The Hall–Kier alpha value is -2.79. The molecular formula is C30H31Cl2N3O. The number of halogens is 2. The largest absolute Gasteiger partial charge is 0.326 e. The second-order valence-electron chi connectivity index (χ2n) is 9.95. The Morgan fingerprint density at radius 3 is 2.50 bits per heavy atom. The van der Waals surface area contributed by atoms with Gasteiger partial charge < -0.3 is 9.88 Å². The van der Waals surface area contributed by atoms with E-state index in [0.29, 0.717) is 10.9 Å². The minimum absolute atomic E-state index is 0.0331. The average Bonchev–Trinajstić information content (AvgIpc) is 3.21. The van der Waals surface area contributed by atoms with Crippen LogP contribution in [-0.2, 0) is 11.3 Å². The number of rotatable bonds is 6. The molecule has 4 aromatic rings. The number of para-hydroxylation sites is 1. The molecule has 1 N–H and O–H groups in total. The number of aromatic nitrogens is 1. The van der Waals surface area contributed by atoms with Crippen molar-refractivity contribution in [3.05, 3.63) is 94.1 Å². The van der Waals surface area contributed by atoms with Gasteiger partial charge in [0.2, 0.25) is 5.91 Å². The van der Waals surface area contributed by atoms with Crippen LogP contribution in [0.5, 0.6) is 0 Å². The van der Waals surface area contributed by atoms with E-state index in [2.05, 4.69) is 45.1 Å². The summed E-state index contributed by atoms with van der Waals surface area (Å²) in [5.41, 5.74) is 5.44. The highest BCUT2D eigenvalue weighted by Gasteiger charge is 2.23. The van der Waals surface area contributed by atoms with Gasteiger partial charge in [0.1, 0.15) is 0 Å². The van der Waals surface area contributed by atoms with Gasteiger partial charge in [-0.3, -0.25) is 9.69 Å². The lowest BCUT2D eigenvalue weighted by molar-refractivity contribution is -0.118. The van der Waals surface area contributed by atoms with Gasteiger partial charge in [-0.2, -0.15) is 0 Å². The van der Waals surface area contributed by atoms with E-state index in [1.165, 1.54) is 11.3 Å². The lowest BCUT2D eigenvalue weighted by Gasteiger charge is -2.32. The second kappa shape index (κ2) is 10.7. The number of piperidine rings is 1. The molecule has 0 atom stereocenters. The Morgan fingerprint density at radius 2 is 1.75 bits per heavy atom. The van der Waals surface area contributed by atoms with Gasteiger partial charge in [0.15, 0.2) is 0 Å². The van der Waals surface area contributed by atoms with E-state index in [-0.39, 0.29) is 11.8 Å². The summed E-state index contributed by atoms with van der Waals surface area (Å²) in [5.74, 6) is 0.511. The summed E-state index contributed by atoms with van der Waals surface area (Å²) in [6, 6.07) is 24.6. The van der Waals surface area contributed by atoms with Crippen molar-refractivity contribution in [3.8, 4) is 5.69 Å². The molecule has 186 valence electrons. The summed E-state index contributed by atoms with van der Waals surface area (Å²) >= 11 is 13.0. The van der Waals surface area contributed by atoms with Crippen LogP contribution in [0.2, 0.25) is 10.0 Å². The number of nitrogens with one attached hydrogen (secondary N) is 1. The number of carbonyl (C=O) groups excluding carboxylic acids is 1. The molecule has 1 saturated heterocycles. The average molecular weight is 521 g/mol. The number of hydrogen-bond acceptors (Lipinski definition) is 2. The molecule has 0 unspecified atom stereocenters. The van der Waals surface area contributed by atoms with Crippen molar-refractivity contribution in [2.45, 2.75) is 39.2 Å². The highest BCUT2D eigenvalue weighted by atomic mass is 35.5. The van der Waals surface area contributed by atoms with Crippen molar-refractivity contribution in [3.63, 3.8) is 0 Å². The van der Waals surface area contributed by atoms with Gasteiger partial charge >= 0.3 is 0 Å². The van der Waals surface area contributed by atoms with Crippen molar-refractivity contribution in [2.75, 3.05) is 18.4 Å². The summed E-state index contributed by atoms with van der Waals surface area (Å²) in [6.07, 6.45) is 2.17. The lowest BCUT2D eigenvalue weighted by atomic mass is 9.89. The quantitative estimate of drug-likeness (QED) is 0.281.